The van der Waals surface area contributed by atoms with Gasteiger partial charge in [0.2, 0.25) is 0 Å². The Kier molecular flexibility index (Phi) is 5.25. The van der Waals surface area contributed by atoms with E-state index in [0.717, 1.165) is 11.8 Å². The van der Waals surface area contributed by atoms with Gasteiger partial charge in [-0.25, -0.2) is 0 Å². The minimum atomic E-state index is 0.817. The molecule has 1 saturated carbocycles. The van der Waals surface area contributed by atoms with Crippen LogP contribution in [0, 0.1) is 18.8 Å². The minimum Gasteiger partial charge on any atom is -0.319 e. The molecule has 1 atom stereocenters. The van der Waals surface area contributed by atoms with Gasteiger partial charge in [-0.05, 0) is 44.3 Å². The van der Waals surface area contributed by atoms with E-state index in [4.69, 9.17) is 0 Å². The van der Waals surface area contributed by atoms with E-state index in [9.17, 15) is 0 Å². The van der Waals surface area contributed by atoms with E-state index in [1.54, 1.807) is 0 Å². The first-order valence-electron chi connectivity index (χ1n) is 7.49. The lowest BCUT2D eigenvalue weighted by atomic mass is 9.77. The second-order valence-corrected chi connectivity index (χ2v) is 5.91. The average Bonchev–Trinajstić information content (AvgIpc) is 2.39. The second-order valence-electron chi connectivity index (χ2n) is 5.91. The summed E-state index contributed by atoms with van der Waals surface area (Å²) in [6.07, 6.45) is 8.47. The van der Waals surface area contributed by atoms with Crippen molar-refractivity contribution in [1.82, 2.24) is 5.32 Å². The van der Waals surface area contributed by atoms with Gasteiger partial charge in [-0.2, -0.15) is 0 Å². The summed E-state index contributed by atoms with van der Waals surface area (Å²) in [7, 11) is 2.09. The van der Waals surface area contributed by atoms with Crippen molar-refractivity contribution < 1.29 is 0 Å². The highest BCUT2D eigenvalue weighted by atomic mass is 14.8. The Hall–Kier alpha value is -0.820. The largest absolute Gasteiger partial charge is 0.319 e. The standard InChI is InChI=1S/C17H27N/c1-14-7-6-8-15(11-14)12-17(13-18-2)16-9-4-3-5-10-16/h6-8,11,16-18H,3-5,9-10,12-13H2,1-2H3. The van der Waals surface area contributed by atoms with E-state index in [1.165, 1.54) is 56.2 Å². The Labute approximate surface area is 112 Å². The molecule has 0 saturated heterocycles. The fourth-order valence-electron chi connectivity index (χ4n) is 3.42. The van der Waals surface area contributed by atoms with Crippen LogP contribution in [0.2, 0.25) is 0 Å². The van der Waals surface area contributed by atoms with Crippen LogP contribution in [0.15, 0.2) is 24.3 Å². The zero-order valence-electron chi connectivity index (χ0n) is 11.9. The van der Waals surface area contributed by atoms with Crippen LogP contribution in [-0.4, -0.2) is 13.6 Å². The lowest BCUT2D eigenvalue weighted by Gasteiger charge is -2.30. The third kappa shape index (κ3) is 3.84. The highest BCUT2D eigenvalue weighted by Crippen LogP contribution is 2.31. The number of nitrogens with one attached hydrogen (secondary N) is 1. The Bertz CT molecular complexity index is 352. The molecule has 0 heterocycles. The predicted molar refractivity (Wildman–Crippen MR) is 78.9 cm³/mol. The van der Waals surface area contributed by atoms with E-state index in [1.807, 2.05) is 0 Å². The molecule has 0 radical (unpaired) electrons. The average molecular weight is 245 g/mol. The molecule has 0 spiro atoms. The summed E-state index contributed by atoms with van der Waals surface area (Å²) in [5.74, 6) is 1.75. The zero-order valence-corrected chi connectivity index (χ0v) is 11.9. The smallest absolute Gasteiger partial charge is 0.00177 e. The summed E-state index contributed by atoms with van der Waals surface area (Å²) in [6, 6.07) is 9.03. The molecule has 0 aromatic heterocycles. The molecule has 1 unspecified atom stereocenters. The fourth-order valence-corrected chi connectivity index (χ4v) is 3.42. The summed E-state index contributed by atoms with van der Waals surface area (Å²) < 4.78 is 0. The molecule has 0 aliphatic heterocycles. The molecule has 1 aliphatic rings. The molecule has 1 aliphatic carbocycles. The zero-order chi connectivity index (χ0) is 12.8. The number of rotatable bonds is 5. The monoisotopic (exact) mass is 245 g/mol. The lowest BCUT2D eigenvalue weighted by molar-refractivity contribution is 0.243. The van der Waals surface area contributed by atoms with E-state index in [2.05, 4.69) is 43.6 Å². The van der Waals surface area contributed by atoms with Crippen LogP contribution >= 0.6 is 0 Å². The van der Waals surface area contributed by atoms with Crippen molar-refractivity contribution in [2.75, 3.05) is 13.6 Å². The van der Waals surface area contributed by atoms with Gasteiger partial charge in [-0.3, -0.25) is 0 Å². The Morgan fingerprint density at radius 2 is 2.00 bits per heavy atom. The first-order valence-corrected chi connectivity index (χ1v) is 7.49. The van der Waals surface area contributed by atoms with Crippen LogP contribution in [0.1, 0.15) is 43.2 Å². The topological polar surface area (TPSA) is 12.0 Å². The number of aryl methyl sites for hydroxylation is 1. The SMILES string of the molecule is CNCC(Cc1cccc(C)c1)C1CCCCC1. The molecule has 18 heavy (non-hydrogen) atoms. The molecule has 100 valence electrons. The molecule has 1 nitrogen and oxygen atoms in total. The van der Waals surface area contributed by atoms with Crippen molar-refractivity contribution in [2.24, 2.45) is 11.8 Å². The lowest BCUT2D eigenvalue weighted by Crippen LogP contribution is -2.29. The van der Waals surface area contributed by atoms with Crippen LogP contribution in [0.25, 0.3) is 0 Å². The van der Waals surface area contributed by atoms with Gasteiger partial charge in [-0.15, -0.1) is 0 Å². The molecule has 0 amide bonds. The van der Waals surface area contributed by atoms with Crippen molar-refractivity contribution in [1.29, 1.82) is 0 Å². The molecule has 1 heteroatoms. The van der Waals surface area contributed by atoms with Crippen LogP contribution in [-0.2, 0) is 6.42 Å². The number of hydrogen-bond donors (Lipinski definition) is 1. The maximum absolute atomic E-state index is 3.40. The van der Waals surface area contributed by atoms with Crippen molar-refractivity contribution in [3.05, 3.63) is 35.4 Å². The summed E-state index contributed by atoms with van der Waals surface area (Å²) in [5, 5.41) is 3.40. The molecule has 1 N–H and O–H groups in total. The van der Waals surface area contributed by atoms with Gasteiger partial charge < -0.3 is 5.32 Å². The van der Waals surface area contributed by atoms with Gasteiger partial charge in [-0.1, -0.05) is 61.9 Å². The first kappa shape index (κ1) is 13.6. The molecule has 2 rings (SSSR count). The Morgan fingerprint density at radius 1 is 1.22 bits per heavy atom. The van der Waals surface area contributed by atoms with E-state index in [-0.39, 0.29) is 0 Å². The third-order valence-electron chi connectivity index (χ3n) is 4.36. The highest BCUT2D eigenvalue weighted by molar-refractivity contribution is 5.22. The van der Waals surface area contributed by atoms with Gasteiger partial charge in [0, 0.05) is 0 Å². The van der Waals surface area contributed by atoms with Crippen LogP contribution < -0.4 is 5.32 Å². The number of hydrogen-bond acceptors (Lipinski definition) is 1. The quantitative estimate of drug-likeness (QED) is 0.828. The van der Waals surface area contributed by atoms with E-state index in [0.29, 0.717) is 0 Å². The molecule has 1 aromatic carbocycles. The van der Waals surface area contributed by atoms with Crippen molar-refractivity contribution in [3.63, 3.8) is 0 Å². The van der Waals surface area contributed by atoms with Gasteiger partial charge in [0.1, 0.15) is 0 Å². The van der Waals surface area contributed by atoms with Crippen molar-refractivity contribution in [3.8, 4) is 0 Å². The van der Waals surface area contributed by atoms with E-state index >= 15 is 0 Å². The fraction of sp³-hybridized carbons (Fsp3) is 0.647. The summed E-state index contributed by atoms with van der Waals surface area (Å²) >= 11 is 0. The van der Waals surface area contributed by atoms with Gasteiger partial charge in [0.05, 0.1) is 0 Å². The minimum absolute atomic E-state index is 0.817. The van der Waals surface area contributed by atoms with Gasteiger partial charge >= 0.3 is 0 Å². The molecule has 1 fully saturated rings. The van der Waals surface area contributed by atoms with E-state index < -0.39 is 0 Å². The molecular formula is C17H27N. The number of benzene rings is 1. The second kappa shape index (κ2) is 6.94. The molecule has 1 aromatic rings. The molecule has 0 bridgehead atoms. The van der Waals surface area contributed by atoms with Crippen LogP contribution in [0.3, 0.4) is 0 Å². The highest BCUT2D eigenvalue weighted by Gasteiger charge is 2.23. The molecular weight excluding hydrogens is 218 g/mol. The summed E-state index contributed by atoms with van der Waals surface area (Å²) in [6.45, 7) is 3.36. The summed E-state index contributed by atoms with van der Waals surface area (Å²) in [4.78, 5) is 0. The van der Waals surface area contributed by atoms with Crippen LogP contribution in [0.5, 0.6) is 0 Å². The van der Waals surface area contributed by atoms with Gasteiger partial charge in [0.15, 0.2) is 0 Å². The van der Waals surface area contributed by atoms with Crippen molar-refractivity contribution in [2.45, 2.75) is 45.4 Å². The van der Waals surface area contributed by atoms with Gasteiger partial charge in [0.25, 0.3) is 0 Å². The van der Waals surface area contributed by atoms with Crippen LogP contribution in [0.4, 0.5) is 0 Å². The first-order chi connectivity index (χ1) is 8.79. The Morgan fingerprint density at radius 3 is 2.67 bits per heavy atom. The maximum Gasteiger partial charge on any atom is -0.00177 e. The Balaban J connectivity index is 2.00. The third-order valence-corrected chi connectivity index (χ3v) is 4.36. The normalized spacial score (nSPS) is 18.8. The van der Waals surface area contributed by atoms with Crippen molar-refractivity contribution >= 4 is 0 Å². The summed E-state index contributed by atoms with van der Waals surface area (Å²) in [5.41, 5.74) is 2.90. The predicted octanol–water partition coefficient (Wildman–Crippen LogP) is 3.95. The maximum atomic E-state index is 3.40.